The van der Waals surface area contributed by atoms with Gasteiger partial charge in [0.05, 0.1) is 23.0 Å². The summed E-state index contributed by atoms with van der Waals surface area (Å²) in [5.41, 5.74) is 1.66. The molecule has 0 saturated heterocycles. The molecule has 55 heavy (non-hydrogen) atoms. The molecule has 0 fully saturated rings. The van der Waals surface area contributed by atoms with E-state index in [1.54, 1.807) is 0 Å². The van der Waals surface area contributed by atoms with Crippen LogP contribution in [0.4, 0.5) is 0 Å². The molecular formula is C47H112O4S4. The van der Waals surface area contributed by atoms with Gasteiger partial charge in [0.2, 0.25) is 0 Å². The van der Waals surface area contributed by atoms with Crippen molar-refractivity contribution in [1.29, 1.82) is 0 Å². The lowest BCUT2D eigenvalue weighted by Gasteiger charge is -2.23. The summed E-state index contributed by atoms with van der Waals surface area (Å²) in [6, 6.07) is 0. The topological polar surface area (TPSA) is 68.3 Å². The van der Waals surface area contributed by atoms with Gasteiger partial charge in [-0.15, -0.1) is 0 Å². The minimum Gasteiger partial charge on any atom is -0.229 e. The van der Waals surface area contributed by atoms with Crippen LogP contribution in [0.2, 0.25) is 0 Å². The van der Waals surface area contributed by atoms with E-state index in [1.807, 2.05) is 62.3 Å². The average Bonchev–Trinajstić information content (AvgIpc) is 2.68. The van der Waals surface area contributed by atoms with Gasteiger partial charge >= 0.3 is 0 Å². The van der Waals surface area contributed by atoms with Gasteiger partial charge in [-0.1, -0.05) is 203 Å². The third-order valence-electron chi connectivity index (χ3n) is 5.72. The zero-order valence-corrected chi connectivity index (χ0v) is 41.6. The van der Waals surface area contributed by atoms with Gasteiger partial charge in [-0.3, -0.25) is 0 Å². The van der Waals surface area contributed by atoms with E-state index >= 15 is 0 Å². The van der Waals surface area contributed by atoms with Gasteiger partial charge in [-0.05, 0) is 79.2 Å². The number of hydrogen-bond donors (Lipinski definition) is 0. The first-order chi connectivity index (χ1) is 21.2. The molecule has 0 amide bonds. The Morgan fingerprint density at radius 1 is 0.309 bits per heavy atom. The summed E-state index contributed by atoms with van der Waals surface area (Å²) in [5.74, 6) is 6.27. The summed E-state index contributed by atoms with van der Waals surface area (Å²) >= 11 is 4.15. The fourth-order valence-electron chi connectivity index (χ4n) is 3.98. The Labute approximate surface area is 363 Å². The molecule has 0 aromatic rings. The van der Waals surface area contributed by atoms with Crippen LogP contribution < -0.4 is 0 Å². The third kappa shape index (κ3) is 83.2. The van der Waals surface area contributed by atoms with Crippen molar-refractivity contribution in [3.8, 4) is 0 Å². The summed E-state index contributed by atoms with van der Waals surface area (Å²) in [4.78, 5) is 0. The normalized spacial score (nSPS) is 12.8. The van der Waals surface area contributed by atoms with Gasteiger partial charge in [0.25, 0.3) is 0 Å². The van der Waals surface area contributed by atoms with Gasteiger partial charge in [-0.2, -0.15) is 23.5 Å². The monoisotopic (exact) mass is 869 g/mol. The highest BCUT2D eigenvalue weighted by atomic mass is 32.2. The van der Waals surface area contributed by atoms with E-state index in [4.69, 9.17) is 0 Å². The van der Waals surface area contributed by atoms with Crippen molar-refractivity contribution < 1.29 is 16.8 Å². The van der Waals surface area contributed by atoms with E-state index in [2.05, 4.69) is 127 Å². The van der Waals surface area contributed by atoms with Crippen LogP contribution >= 0.6 is 23.5 Å². The molecule has 0 aromatic heterocycles. The fraction of sp³-hybridized carbons (Fsp3) is 1.00. The maximum atomic E-state index is 11.7. The van der Waals surface area contributed by atoms with Crippen LogP contribution in [0.25, 0.3) is 0 Å². The molecule has 0 aliphatic heterocycles. The molecule has 0 saturated carbocycles. The van der Waals surface area contributed by atoms with Crippen molar-refractivity contribution in [3.05, 3.63) is 0 Å². The van der Waals surface area contributed by atoms with Gasteiger partial charge in [0.15, 0.2) is 19.7 Å². The lowest BCUT2D eigenvalue weighted by molar-refractivity contribution is 0.394. The van der Waals surface area contributed by atoms with E-state index in [1.165, 1.54) is 29.4 Å². The minimum atomic E-state index is -2.90. The van der Waals surface area contributed by atoms with Crippen LogP contribution in [0, 0.1) is 43.3 Å². The standard InChI is InChI=1S/C11H24O2S.C11H24S.C10H22O2S.C10H22S.5CH4/c1-10(2,3)7-8-14(12,13)9-11(4,5)6;1-10(2,3)7-8-12-9-11(4,5)6;1-9(2,3)7-13(11,12)8-10(4,5)6;1-9(2,3)7-11-8-10(4,5)6;;;;;/h7-9H2,1-6H3;7-9H2,1-6H3;7-8H2,1-6H3;7-8H2,1-6H3;5*1H4. The van der Waals surface area contributed by atoms with E-state index < -0.39 is 19.7 Å². The van der Waals surface area contributed by atoms with Gasteiger partial charge in [-0.25, -0.2) is 16.8 Å². The quantitative estimate of drug-likeness (QED) is 0.204. The maximum Gasteiger partial charge on any atom is 0.151 e. The van der Waals surface area contributed by atoms with Crippen LogP contribution in [0.5, 0.6) is 0 Å². The number of thioether (sulfide) groups is 2. The van der Waals surface area contributed by atoms with Crippen LogP contribution in [0.1, 0.15) is 216 Å². The predicted octanol–water partition coefficient (Wildman–Crippen LogP) is 16.6. The first kappa shape index (κ1) is 76.3. The first-order valence-corrected chi connectivity index (χ1v) is 24.8. The molecule has 0 aliphatic rings. The van der Waals surface area contributed by atoms with Crippen LogP contribution in [-0.4, -0.2) is 62.9 Å². The summed E-state index contributed by atoms with van der Waals surface area (Å²) in [5, 5.41) is 0. The molecule has 0 N–H and O–H groups in total. The summed E-state index contributed by atoms with van der Waals surface area (Å²) in [6.45, 7) is 51.4. The lowest BCUT2D eigenvalue weighted by atomic mass is 9.94. The molecule has 0 rings (SSSR count). The minimum absolute atomic E-state index is 0. The fourth-order valence-corrected chi connectivity index (χ4v) is 12.0. The Bertz CT molecular complexity index is 1030. The van der Waals surface area contributed by atoms with Crippen molar-refractivity contribution in [2.75, 3.05) is 46.0 Å². The molecular weight excluding hydrogens is 757 g/mol. The molecule has 0 bridgehead atoms. The van der Waals surface area contributed by atoms with Crippen LogP contribution in [-0.2, 0) is 19.7 Å². The Morgan fingerprint density at radius 2 is 0.545 bits per heavy atom. The Balaban J connectivity index is -0.0000000714. The Kier molecular flexibility index (Phi) is 41.3. The maximum absolute atomic E-state index is 11.7. The highest BCUT2D eigenvalue weighted by Gasteiger charge is 2.27. The molecule has 0 radical (unpaired) electrons. The second kappa shape index (κ2) is 29.8. The molecule has 0 atom stereocenters. The van der Waals surface area contributed by atoms with Gasteiger partial charge < -0.3 is 0 Å². The molecule has 348 valence electrons. The van der Waals surface area contributed by atoms with Crippen molar-refractivity contribution in [2.24, 2.45) is 43.3 Å². The van der Waals surface area contributed by atoms with E-state index in [-0.39, 0.29) is 76.1 Å². The summed E-state index contributed by atoms with van der Waals surface area (Å²) in [6.07, 6.45) is 2.07. The lowest BCUT2D eigenvalue weighted by Crippen LogP contribution is -2.28. The van der Waals surface area contributed by atoms with E-state index in [0.717, 1.165) is 6.42 Å². The Hall–Kier alpha value is 0.600. The zero-order chi connectivity index (χ0) is 41.5. The first-order valence-electron chi connectivity index (χ1n) is 18.8. The van der Waals surface area contributed by atoms with Crippen LogP contribution in [0.3, 0.4) is 0 Å². The van der Waals surface area contributed by atoms with Crippen LogP contribution in [0.15, 0.2) is 0 Å². The SMILES string of the molecule is C.C.C.C.C.CC(C)(C)CCS(=O)(=O)CC(C)(C)C.CC(C)(C)CCSCC(C)(C)C.CC(C)(C)CS(=O)(=O)CC(C)(C)C.CC(C)(C)CSCC(C)(C)C. The van der Waals surface area contributed by atoms with Crippen molar-refractivity contribution in [1.82, 2.24) is 0 Å². The molecule has 0 aromatic carbocycles. The highest BCUT2D eigenvalue weighted by Crippen LogP contribution is 2.28. The number of rotatable bonds is 10. The molecule has 4 nitrogen and oxygen atoms in total. The Morgan fingerprint density at radius 3 is 0.764 bits per heavy atom. The second-order valence-corrected chi connectivity index (χ2v) is 30.5. The molecule has 0 aliphatic carbocycles. The molecule has 0 heterocycles. The van der Waals surface area contributed by atoms with E-state index in [0.29, 0.717) is 27.4 Å². The average molecular weight is 870 g/mol. The summed E-state index contributed by atoms with van der Waals surface area (Å²) < 4.78 is 46.7. The number of hydrogen-bond acceptors (Lipinski definition) is 6. The predicted molar refractivity (Wildman–Crippen MR) is 270 cm³/mol. The molecule has 8 heteroatoms. The van der Waals surface area contributed by atoms with Crippen molar-refractivity contribution in [3.63, 3.8) is 0 Å². The smallest absolute Gasteiger partial charge is 0.151 e. The highest BCUT2D eigenvalue weighted by molar-refractivity contribution is 7.99. The molecule has 0 unspecified atom stereocenters. The zero-order valence-electron chi connectivity index (χ0n) is 38.3. The largest absolute Gasteiger partial charge is 0.229 e. The second-order valence-electron chi connectivity index (χ2n) is 24.2. The van der Waals surface area contributed by atoms with E-state index in [9.17, 15) is 16.8 Å². The van der Waals surface area contributed by atoms with Crippen molar-refractivity contribution >= 4 is 43.2 Å². The third-order valence-corrected chi connectivity index (χ3v) is 14.2. The molecule has 0 spiro atoms. The van der Waals surface area contributed by atoms with Crippen molar-refractivity contribution in [2.45, 2.75) is 216 Å². The summed E-state index contributed by atoms with van der Waals surface area (Å²) in [7, 11) is -5.77. The van der Waals surface area contributed by atoms with Gasteiger partial charge in [0.1, 0.15) is 0 Å². The number of sulfone groups is 2. The van der Waals surface area contributed by atoms with Gasteiger partial charge in [0, 0.05) is 0 Å².